The van der Waals surface area contributed by atoms with Crippen LogP contribution in [0.3, 0.4) is 0 Å². The van der Waals surface area contributed by atoms with Crippen molar-refractivity contribution >= 4 is 27.6 Å². The summed E-state index contributed by atoms with van der Waals surface area (Å²) < 4.78 is 112. The summed E-state index contributed by atoms with van der Waals surface area (Å²) in [5, 5.41) is 0. The third kappa shape index (κ3) is 9.63. The van der Waals surface area contributed by atoms with E-state index in [-0.39, 0.29) is 35.3 Å². The number of benzene rings is 5. The molecule has 1 fully saturated rings. The van der Waals surface area contributed by atoms with Gasteiger partial charge in [0.1, 0.15) is 12.6 Å². The summed E-state index contributed by atoms with van der Waals surface area (Å²) in [4.78, 5) is 26.9. The molecular weight excluding hydrogens is 780 g/mol. The van der Waals surface area contributed by atoms with E-state index in [1.807, 2.05) is 30.3 Å². The lowest BCUT2D eigenvalue weighted by Crippen LogP contribution is -2.52. The minimum atomic E-state index is -5.61. The highest BCUT2D eigenvalue weighted by molar-refractivity contribution is 7.89. The number of esters is 1. The van der Waals surface area contributed by atoms with E-state index < -0.39 is 68.5 Å². The summed E-state index contributed by atoms with van der Waals surface area (Å²) in [5.74, 6) is -13.8. The highest BCUT2D eigenvalue weighted by Gasteiger charge is 2.42. The van der Waals surface area contributed by atoms with Gasteiger partial charge in [0.2, 0.25) is 21.7 Å². The number of hydrogen-bond donors (Lipinski definition) is 0. The molecule has 1 saturated carbocycles. The molecule has 0 aliphatic heterocycles. The van der Waals surface area contributed by atoms with Gasteiger partial charge in [0.05, 0.1) is 25.3 Å². The average Bonchev–Trinajstić information content (AvgIpc) is 3.25. The van der Waals surface area contributed by atoms with Crippen LogP contribution in [0.25, 0.3) is 0 Å². The molecule has 8 nitrogen and oxygen atoms in total. The Kier molecular flexibility index (Phi) is 13.7. The fourth-order valence-corrected chi connectivity index (χ4v) is 8.30. The number of carbonyl (C=O) groups is 2. The number of hydrogen-bond acceptors (Lipinski definition) is 6. The van der Waals surface area contributed by atoms with Crippen LogP contribution in [-0.4, -0.2) is 44.3 Å². The lowest BCUT2D eigenvalue weighted by Gasteiger charge is -2.32. The van der Waals surface area contributed by atoms with Gasteiger partial charge in [-0.15, -0.1) is 0 Å². The van der Waals surface area contributed by atoms with Gasteiger partial charge in [0, 0.05) is 12.7 Å². The van der Waals surface area contributed by atoms with E-state index in [9.17, 15) is 31.2 Å². The third-order valence-corrected chi connectivity index (χ3v) is 12.1. The molecule has 0 heterocycles. The molecule has 1 atom stereocenters. The maximum Gasteiger partial charge on any atom is 0.338 e. The second-order valence-electron chi connectivity index (χ2n) is 14.0. The number of nitrogens with zero attached hydrogens (tertiary/aromatic N) is 2. The number of sulfonamides is 1. The van der Waals surface area contributed by atoms with Crippen LogP contribution in [-0.2, 0) is 44.1 Å². The number of anilines is 1. The second-order valence-corrected chi connectivity index (χ2v) is 16.0. The maximum absolute atomic E-state index is 15.0. The molecular formula is C44H41F5N2O6S. The zero-order chi connectivity index (χ0) is 41.4. The number of ether oxygens (including phenoxy) is 2. The largest absolute Gasteiger partial charge is 0.457 e. The van der Waals surface area contributed by atoms with Crippen molar-refractivity contribution in [3.05, 3.63) is 166 Å². The lowest BCUT2D eigenvalue weighted by molar-refractivity contribution is -0.124. The van der Waals surface area contributed by atoms with E-state index >= 15 is 8.78 Å². The van der Waals surface area contributed by atoms with Crippen LogP contribution in [0.2, 0.25) is 0 Å². The molecule has 14 heteroatoms. The summed E-state index contributed by atoms with van der Waals surface area (Å²) >= 11 is 0. The van der Waals surface area contributed by atoms with Crippen molar-refractivity contribution in [2.75, 3.05) is 18.6 Å². The van der Waals surface area contributed by atoms with Gasteiger partial charge >= 0.3 is 5.97 Å². The van der Waals surface area contributed by atoms with Gasteiger partial charge in [-0.25, -0.2) is 35.2 Å². The minimum Gasteiger partial charge on any atom is -0.457 e. The van der Waals surface area contributed by atoms with E-state index in [2.05, 4.69) is 0 Å². The van der Waals surface area contributed by atoms with Crippen LogP contribution in [0.1, 0.15) is 70.6 Å². The predicted octanol–water partition coefficient (Wildman–Crippen LogP) is 9.23. The molecule has 1 aliphatic carbocycles. The SMILES string of the molecule is CN([C@H](COCc1ccccc1)C(=O)N(Cc1ccc(C2CCCCC2)cc1)c1ccc(C(=O)OCc2ccccc2)cc1)S(=O)(=O)c1c(F)c(F)c(F)c(F)c1F. The molecule has 0 spiro atoms. The minimum absolute atomic E-state index is 0.0113. The molecule has 1 aliphatic rings. The highest BCUT2D eigenvalue weighted by Crippen LogP contribution is 2.34. The maximum atomic E-state index is 15.0. The molecule has 5 aromatic carbocycles. The van der Waals surface area contributed by atoms with Crippen molar-refractivity contribution < 1.29 is 49.4 Å². The molecule has 0 aromatic heterocycles. The summed E-state index contributed by atoms with van der Waals surface area (Å²) in [6.07, 6.45) is 5.54. The topological polar surface area (TPSA) is 93.2 Å². The lowest BCUT2D eigenvalue weighted by atomic mass is 9.84. The van der Waals surface area contributed by atoms with Gasteiger partial charge in [-0.1, -0.05) is 104 Å². The van der Waals surface area contributed by atoms with E-state index in [0.717, 1.165) is 43.9 Å². The van der Waals surface area contributed by atoms with Crippen LogP contribution in [0.4, 0.5) is 27.6 Å². The van der Waals surface area contributed by atoms with Crippen LogP contribution in [0.15, 0.2) is 114 Å². The van der Waals surface area contributed by atoms with Gasteiger partial charge < -0.3 is 14.4 Å². The monoisotopic (exact) mass is 820 g/mol. The number of amides is 1. The standard InChI is InChI=1S/C44H41F5N2O6S/c1-50(58(54,55)42-40(48)38(46)37(45)39(47)41(42)49)36(28-56-26-30-11-5-2-6-12-30)43(52)51(25-29-17-19-33(20-18-29)32-15-9-4-10-16-32)35-23-21-34(22-24-35)44(53)57-27-31-13-7-3-8-14-31/h2-3,5-8,11-14,17-24,32,36H,4,9-10,15-16,25-28H2,1H3/t36-/m1/s1. The zero-order valence-corrected chi connectivity index (χ0v) is 32.4. The fourth-order valence-electron chi connectivity index (χ4n) is 6.89. The first-order chi connectivity index (χ1) is 27.9. The normalized spacial score (nSPS) is 14.0. The fraction of sp³-hybridized carbons (Fsp3) is 0.273. The molecule has 0 radical (unpaired) electrons. The van der Waals surface area contributed by atoms with Crippen molar-refractivity contribution in [2.24, 2.45) is 0 Å². The van der Waals surface area contributed by atoms with Crippen molar-refractivity contribution in [3.63, 3.8) is 0 Å². The van der Waals surface area contributed by atoms with Crippen LogP contribution >= 0.6 is 0 Å². The van der Waals surface area contributed by atoms with Crippen molar-refractivity contribution in [2.45, 2.75) is 68.7 Å². The highest BCUT2D eigenvalue weighted by atomic mass is 32.2. The van der Waals surface area contributed by atoms with Gasteiger partial charge in [-0.2, -0.15) is 4.31 Å². The average molecular weight is 821 g/mol. The van der Waals surface area contributed by atoms with Crippen LogP contribution in [0, 0.1) is 29.1 Å². The summed E-state index contributed by atoms with van der Waals surface area (Å²) in [6, 6.07) is 29.1. The molecule has 304 valence electrons. The third-order valence-electron chi connectivity index (χ3n) is 10.2. The molecule has 58 heavy (non-hydrogen) atoms. The Hall–Kier alpha value is -5.44. The zero-order valence-electron chi connectivity index (χ0n) is 31.6. The Bertz CT molecular complexity index is 2280. The Morgan fingerprint density at radius 3 is 1.78 bits per heavy atom. The summed E-state index contributed by atoms with van der Waals surface area (Å²) in [6.45, 7) is -0.950. The molecule has 1 amide bonds. The van der Waals surface area contributed by atoms with E-state index in [0.29, 0.717) is 17.0 Å². The molecule has 0 N–H and O–H groups in total. The number of carbonyl (C=O) groups excluding carboxylic acids is 2. The predicted molar refractivity (Wildman–Crippen MR) is 207 cm³/mol. The Morgan fingerprint density at radius 1 is 0.672 bits per heavy atom. The number of likely N-dealkylation sites (N-methyl/N-ethyl adjacent to an activating group) is 1. The van der Waals surface area contributed by atoms with Gasteiger partial charge in [-0.05, 0) is 65.3 Å². The summed E-state index contributed by atoms with van der Waals surface area (Å²) in [5.41, 5.74) is 3.52. The second kappa shape index (κ2) is 18.9. The first kappa shape index (κ1) is 42.2. The number of halogens is 5. The van der Waals surface area contributed by atoms with E-state index in [4.69, 9.17) is 9.47 Å². The van der Waals surface area contributed by atoms with Crippen LogP contribution in [0.5, 0.6) is 0 Å². The van der Waals surface area contributed by atoms with Crippen molar-refractivity contribution in [1.29, 1.82) is 0 Å². The number of rotatable bonds is 15. The molecule has 5 aromatic rings. The molecule has 6 rings (SSSR count). The Balaban J connectivity index is 1.36. The first-order valence-corrected chi connectivity index (χ1v) is 20.1. The summed E-state index contributed by atoms with van der Waals surface area (Å²) in [7, 11) is -4.81. The van der Waals surface area contributed by atoms with E-state index in [1.165, 1.54) is 35.6 Å². The molecule has 0 saturated heterocycles. The first-order valence-electron chi connectivity index (χ1n) is 18.7. The van der Waals surface area contributed by atoms with Gasteiger partial charge in [0.25, 0.3) is 0 Å². The smallest absolute Gasteiger partial charge is 0.338 e. The van der Waals surface area contributed by atoms with Crippen molar-refractivity contribution in [3.8, 4) is 0 Å². The van der Waals surface area contributed by atoms with Gasteiger partial charge in [-0.3, -0.25) is 4.79 Å². The molecule has 0 unspecified atom stereocenters. The van der Waals surface area contributed by atoms with E-state index in [1.54, 1.807) is 54.6 Å². The Morgan fingerprint density at radius 2 is 1.21 bits per heavy atom. The van der Waals surface area contributed by atoms with Gasteiger partial charge in [0.15, 0.2) is 28.2 Å². The quantitative estimate of drug-likeness (QED) is 0.0453. The Labute approximate surface area is 333 Å². The van der Waals surface area contributed by atoms with Crippen LogP contribution < -0.4 is 4.90 Å². The van der Waals surface area contributed by atoms with Crippen molar-refractivity contribution in [1.82, 2.24) is 4.31 Å². The molecule has 0 bridgehead atoms.